The third-order valence-electron chi connectivity index (χ3n) is 27.8. The zero-order valence-electron chi connectivity index (χ0n) is 82.3. The first-order valence-corrected chi connectivity index (χ1v) is 48.9. The van der Waals surface area contributed by atoms with Gasteiger partial charge in [0.2, 0.25) is 23.6 Å². The quantitative estimate of drug-likeness (QED) is 0.0211. The van der Waals surface area contributed by atoms with Gasteiger partial charge in [0.1, 0.15) is 53.3 Å². The molecule has 7 aromatic carbocycles. The van der Waals surface area contributed by atoms with Crippen molar-refractivity contribution in [2.75, 3.05) is 70.7 Å². The van der Waals surface area contributed by atoms with Gasteiger partial charge in [-0.3, -0.25) is 58.0 Å². The van der Waals surface area contributed by atoms with Crippen molar-refractivity contribution < 1.29 is 61.9 Å². The van der Waals surface area contributed by atoms with Gasteiger partial charge in [0.25, 0.3) is 23.6 Å². The fraction of sp³-hybridized carbons (Fsp3) is 0.333. The van der Waals surface area contributed by atoms with Crippen LogP contribution in [0.3, 0.4) is 0 Å². The number of hydrogen-bond donors (Lipinski definition) is 8. The van der Waals surface area contributed by atoms with Gasteiger partial charge in [-0.05, 0) is 244 Å². The number of halogens is 1. The molecule has 33 heteroatoms. The van der Waals surface area contributed by atoms with Crippen LogP contribution in [0.4, 0.5) is 69.6 Å². The van der Waals surface area contributed by atoms with Gasteiger partial charge >= 0.3 is 24.1 Å². The van der Waals surface area contributed by atoms with E-state index in [9.17, 15) is 61.9 Å². The predicted octanol–water partition coefficient (Wildman–Crippen LogP) is 15.2. The van der Waals surface area contributed by atoms with E-state index < -0.39 is 83.9 Å². The number of nitrogens with zero attached hydrogens (tertiary/aromatic N) is 12. The van der Waals surface area contributed by atoms with Crippen molar-refractivity contribution in [1.29, 1.82) is 0 Å². The normalized spacial score (nSPS) is 19.1. The van der Waals surface area contributed by atoms with Crippen LogP contribution in [0.25, 0.3) is 0 Å². The summed E-state index contributed by atoms with van der Waals surface area (Å²) in [4.78, 5) is 187. The highest BCUT2D eigenvalue weighted by atomic mass is 19.1. The van der Waals surface area contributed by atoms with Gasteiger partial charge in [-0.25, -0.2) is 43.5 Å². The summed E-state index contributed by atoms with van der Waals surface area (Å²) < 4.78 is 14.2. The average Bonchev–Trinajstić information content (AvgIpc) is 1.59. The number of likely N-dealkylation sites (tertiary alicyclic amines) is 4. The van der Waals surface area contributed by atoms with Crippen LogP contribution in [0.15, 0.2) is 267 Å². The molecule has 6 aliphatic rings. The fourth-order valence-corrected chi connectivity index (χ4v) is 19.4. The number of hydrogen-bond acceptors (Lipinski definition) is 20. The van der Waals surface area contributed by atoms with E-state index in [1.54, 1.807) is 139 Å². The third kappa shape index (κ3) is 24.4. The summed E-state index contributed by atoms with van der Waals surface area (Å²) in [5, 5.41) is 11.9. The van der Waals surface area contributed by atoms with Crippen LogP contribution in [0.2, 0.25) is 0 Å². The van der Waals surface area contributed by atoms with Crippen LogP contribution >= 0.6 is 0 Å². The second-order valence-electron chi connectivity index (χ2n) is 37.4. The Morgan fingerprint density at radius 3 is 0.882 bits per heavy atom. The lowest BCUT2D eigenvalue weighted by atomic mass is 9.80. The van der Waals surface area contributed by atoms with Crippen molar-refractivity contribution in [1.82, 2.24) is 60.8 Å². The maximum Gasteiger partial charge on any atom is 0.325 e. The van der Waals surface area contributed by atoms with Crippen LogP contribution < -0.4 is 63.8 Å². The van der Waals surface area contributed by atoms with Gasteiger partial charge in [0.05, 0.1) is 41.8 Å². The molecular weight excluding hydrogens is 1820 g/mol. The van der Waals surface area contributed by atoms with E-state index in [1.165, 1.54) is 51.1 Å². The molecule has 0 bridgehead atoms. The van der Waals surface area contributed by atoms with Gasteiger partial charge in [-0.15, -0.1) is 0 Å². The number of imide groups is 4. The van der Waals surface area contributed by atoms with E-state index in [2.05, 4.69) is 41.2 Å². The maximum atomic E-state index is 14.2. The molecular formula is C111H125FN20O12. The number of nitrogens with one attached hydrogen (secondary N) is 4. The van der Waals surface area contributed by atoms with E-state index >= 15 is 0 Å². The standard InChI is InChI=1S/C28H30FN5O3.C28H35N5O3.C28H31N5O3.C27H29N5O3/c1-4-23(19-11-10-17(2)22(29)16-19)32-28(37)34-25(27(36)33(3)20-8-6-5-7-9-20)21(26(34)35)14-18-12-13-31-24(30)15-18;1-32(21-10-6-3-7-11-21)27(35)25-22(16-18-14-15-30-23(29)17-18)26(34)33(25)28(36)31-24(20-12-13-20)19-8-4-2-5-9-19;1-4-23(20-12-10-18(2)11-13-20)31-28(36)33-25(27(35)32(3)21-8-6-5-7-9-21)22(26(33)34)16-19-14-15-30-24(29)17-19;1-3-22(19-10-6-4-7-11-19)30-27(35)32-24(26(34)31(2)20-12-8-5-9-13-20)21(25(32)33)16-18-14-15-29-23(28)17-18/h5-13,15-16,21,23,25H,4,14H2,1-3H3,(H2,30,31)(H,32,37);3,6-7,10-11,14-15,17,19-20,22,24-25H,2,4-5,8-9,12-13,16H2,1H3,(H2,29,30)(H,31,36);5-15,17,22-23,25H,4,16H2,1-3H3,(H2,29,30)(H,31,36);4-15,17,21-22,24H,3,16H2,1-2H3,(H2,28,29)(H,30,35)/t21-,23-,25+;22-,24-,25+;22-,23-,25+;21-,22-,24+/m1111/s1. The van der Waals surface area contributed by atoms with Gasteiger partial charge in [0, 0.05) is 81.8 Å². The summed E-state index contributed by atoms with van der Waals surface area (Å²) in [6.45, 7) is 9.43. The van der Waals surface area contributed by atoms with E-state index in [4.69, 9.17) is 22.9 Å². The maximum absolute atomic E-state index is 14.2. The molecule has 144 heavy (non-hydrogen) atoms. The van der Waals surface area contributed by atoms with E-state index in [-0.39, 0.29) is 84.6 Å². The number of nitrogen functional groups attached to an aromatic ring is 4. The molecule has 2 aliphatic carbocycles. The Labute approximate surface area is 837 Å². The first kappa shape index (κ1) is 104. The first-order chi connectivity index (χ1) is 69.3. The van der Waals surface area contributed by atoms with Crippen LogP contribution in [0.1, 0.15) is 153 Å². The lowest BCUT2D eigenvalue weighted by Gasteiger charge is -2.46. The number of likely N-dealkylation sites (N-methyl/N-ethyl adjacent to an activating group) is 4. The molecule has 0 unspecified atom stereocenters. The minimum Gasteiger partial charge on any atom is -0.384 e. The van der Waals surface area contributed by atoms with Crippen molar-refractivity contribution in [2.45, 2.75) is 173 Å². The van der Waals surface area contributed by atoms with Gasteiger partial charge < -0.3 is 63.8 Å². The Bertz CT molecular complexity index is 6410. The Morgan fingerprint density at radius 2 is 0.604 bits per heavy atom. The Balaban J connectivity index is 0.000000152. The Kier molecular flexibility index (Phi) is 34.2. The van der Waals surface area contributed by atoms with E-state index in [0.717, 1.165) is 84.2 Å². The first-order valence-electron chi connectivity index (χ1n) is 48.9. The molecule has 12 atom stereocenters. The number of β-lactam (4-membered cyclic amide) rings is 4. The average molecular weight is 1950 g/mol. The number of amides is 16. The zero-order valence-corrected chi connectivity index (χ0v) is 82.3. The second-order valence-corrected chi connectivity index (χ2v) is 37.4. The highest BCUT2D eigenvalue weighted by molar-refractivity contribution is 6.16. The largest absolute Gasteiger partial charge is 0.384 e. The molecule has 4 saturated heterocycles. The number of anilines is 8. The number of aromatic nitrogens is 4. The number of nitrogens with two attached hydrogens (primary N) is 4. The molecule has 8 heterocycles. The zero-order chi connectivity index (χ0) is 103. The summed E-state index contributed by atoms with van der Waals surface area (Å²) in [7, 11) is 6.60. The number of carbonyl (C=O) groups excluding carboxylic acids is 12. The number of benzene rings is 7. The molecule has 748 valence electrons. The minimum absolute atomic E-state index is 0.0762. The van der Waals surface area contributed by atoms with Crippen LogP contribution in [0, 0.1) is 55.2 Å². The van der Waals surface area contributed by atoms with Gasteiger partial charge in [-0.2, -0.15) is 0 Å². The van der Waals surface area contributed by atoms with Crippen molar-refractivity contribution in [3.05, 3.63) is 323 Å². The van der Waals surface area contributed by atoms with E-state index in [0.29, 0.717) is 94.7 Å². The summed E-state index contributed by atoms with van der Waals surface area (Å²) in [5.41, 5.74) is 33.2. The molecule has 11 aromatic rings. The molecule has 12 N–H and O–H groups in total. The number of pyridine rings is 4. The van der Waals surface area contributed by atoms with Gasteiger partial charge in [-0.1, -0.05) is 185 Å². The number of para-hydroxylation sites is 4. The van der Waals surface area contributed by atoms with Crippen LogP contribution in [-0.4, -0.2) is 169 Å². The Hall–Kier alpha value is -16.1. The summed E-state index contributed by atoms with van der Waals surface area (Å²) in [6, 6.07) is 65.5. The number of urea groups is 4. The van der Waals surface area contributed by atoms with Crippen LogP contribution in [0.5, 0.6) is 0 Å². The molecule has 4 aliphatic heterocycles. The van der Waals surface area contributed by atoms with Gasteiger partial charge in [0.15, 0.2) is 0 Å². The monoisotopic (exact) mass is 1950 g/mol. The molecule has 32 nitrogen and oxygen atoms in total. The lowest BCUT2D eigenvalue weighted by Crippen LogP contribution is -2.71. The lowest BCUT2D eigenvalue weighted by molar-refractivity contribution is -0.156. The predicted molar refractivity (Wildman–Crippen MR) is 550 cm³/mol. The molecule has 2 saturated carbocycles. The summed E-state index contributed by atoms with van der Waals surface area (Å²) >= 11 is 0. The summed E-state index contributed by atoms with van der Waals surface area (Å²) in [6.07, 6.45) is 17.2. The number of carbonyl (C=O) groups is 12. The molecule has 6 fully saturated rings. The molecule has 16 amide bonds. The molecule has 0 spiro atoms. The molecule has 17 rings (SSSR count). The van der Waals surface area contributed by atoms with Crippen molar-refractivity contribution in [2.24, 2.45) is 35.5 Å². The third-order valence-corrected chi connectivity index (χ3v) is 27.8. The van der Waals surface area contributed by atoms with Crippen molar-refractivity contribution in [3.63, 3.8) is 0 Å². The van der Waals surface area contributed by atoms with E-state index in [1.807, 2.05) is 179 Å². The molecule has 4 aromatic heterocycles. The number of rotatable bonds is 28. The SMILES string of the molecule is CC[C@@H](NC(=O)N1C(=O)[C@H](Cc2ccnc(N)c2)[C@H]1C(=O)N(C)c1ccccc1)c1ccc(C)c(F)c1.CC[C@@H](NC(=O)N1C(=O)[C@H](Cc2ccnc(N)c2)[C@H]1C(=O)N(C)c1ccccc1)c1ccc(C)cc1.CC[C@@H](NC(=O)N1C(=O)[C@H](Cc2ccnc(N)c2)[C@H]1C(=O)N(C)c1ccccc1)c1ccccc1.CN(C(=O)[C@@H]1[C@@H](Cc2ccnc(N)c2)C(=O)N1C(=O)N[C@H](C1CCCCC1)C1CC1)c1ccccc1. The highest BCUT2D eigenvalue weighted by Crippen LogP contribution is 2.44. The summed E-state index contributed by atoms with van der Waals surface area (Å²) in [5.74, 6) is -3.74. The second kappa shape index (κ2) is 47.5. The minimum atomic E-state index is -1.01. The van der Waals surface area contributed by atoms with Crippen LogP contribution in [-0.2, 0) is 64.0 Å². The fourth-order valence-electron chi connectivity index (χ4n) is 19.4. The topological polar surface area (TPSA) is 435 Å². The molecule has 0 radical (unpaired) electrons. The van der Waals surface area contributed by atoms with Crippen molar-refractivity contribution in [3.8, 4) is 0 Å². The highest BCUT2D eigenvalue weighted by Gasteiger charge is 2.60. The smallest absolute Gasteiger partial charge is 0.325 e. The number of aryl methyl sites for hydroxylation is 2. The Morgan fingerprint density at radius 1 is 0.340 bits per heavy atom. The van der Waals surface area contributed by atoms with Crippen molar-refractivity contribution >= 4 is 117 Å².